The van der Waals surface area contributed by atoms with Crippen LogP contribution in [0.15, 0.2) is 20.5 Å². The van der Waals surface area contributed by atoms with E-state index in [1.165, 1.54) is 0 Å². The maximum absolute atomic E-state index is 15.2. The lowest BCUT2D eigenvalue weighted by atomic mass is 9.83. The predicted octanol–water partition coefficient (Wildman–Crippen LogP) is 3.98. The van der Waals surface area contributed by atoms with Crippen LogP contribution in [0, 0.1) is 5.92 Å². The number of nitrogens with zero attached hydrogens (tertiary/aromatic N) is 12. The molecule has 1 saturated heterocycles. The molecule has 0 spiro atoms. The van der Waals surface area contributed by atoms with Crippen molar-refractivity contribution in [1.29, 1.82) is 0 Å². The number of rotatable bonds is 9. The van der Waals surface area contributed by atoms with Crippen molar-refractivity contribution in [2.75, 3.05) is 6.54 Å². The van der Waals surface area contributed by atoms with Gasteiger partial charge in [0.1, 0.15) is 12.2 Å². The first-order valence-corrected chi connectivity index (χ1v) is 10.7. The highest BCUT2D eigenvalue weighted by molar-refractivity contribution is 5.67. The van der Waals surface area contributed by atoms with Crippen molar-refractivity contribution in [2.24, 2.45) is 26.4 Å². The number of carbonyl (C=O) groups excluding carboxylic acids is 2. The molecule has 0 aromatic rings. The van der Waals surface area contributed by atoms with Crippen molar-refractivity contribution in [3.63, 3.8) is 0 Å². The highest BCUT2D eigenvalue weighted by Gasteiger charge is 2.59. The molecule has 0 bridgehead atoms. The molecule has 37 heavy (non-hydrogen) atoms. The number of hydrogen-bond donors (Lipinski definition) is 0. The summed E-state index contributed by atoms with van der Waals surface area (Å²) in [6.07, 6.45) is -8.40. The fourth-order valence-electron chi connectivity index (χ4n) is 4.16. The first-order chi connectivity index (χ1) is 17.5. The molecule has 0 aromatic carbocycles. The third-order valence-corrected chi connectivity index (χ3v) is 5.81. The molecule has 9 atom stereocenters. The van der Waals surface area contributed by atoms with E-state index in [9.17, 15) is 9.59 Å². The van der Waals surface area contributed by atoms with Crippen LogP contribution < -0.4 is 0 Å². The normalized spacial score (nSPS) is 34.2. The Kier molecular flexibility index (Phi) is 10.1. The summed E-state index contributed by atoms with van der Waals surface area (Å²) in [5.41, 5.74) is 35.5. The minimum atomic E-state index is -3.73. The number of azide groups is 4. The lowest BCUT2D eigenvalue weighted by Crippen LogP contribution is -2.63. The van der Waals surface area contributed by atoms with Gasteiger partial charge < -0.3 is 18.9 Å². The van der Waals surface area contributed by atoms with E-state index in [4.69, 9.17) is 41.1 Å². The first kappa shape index (κ1) is 29.2. The van der Waals surface area contributed by atoms with Crippen LogP contribution in [0.5, 0.6) is 0 Å². The molecule has 200 valence electrons. The Morgan fingerprint density at radius 3 is 1.97 bits per heavy atom. The quantitative estimate of drug-likeness (QED) is 0.184. The maximum atomic E-state index is 15.2. The Labute approximate surface area is 206 Å². The average Bonchev–Trinajstić information content (AvgIpc) is 2.82. The monoisotopic (exact) mass is 528 g/mol. The second-order valence-corrected chi connectivity index (χ2v) is 8.10. The predicted molar refractivity (Wildman–Crippen MR) is 116 cm³/mol. The minimum absolute atomic E-state index is 0.303. The molecule has 0 N–H and O–H groups in total. The zero-order valence-electron chi connectivity index (χ0n) is 19.7. The lowest BCUT2D eigenvalue weighted by Gasteiger charge is -2.48. The van der Waals surface area contributed by atoms with Crippen LogP contribution in [-0.2, 0) is 28.5 Å². The van der Waals surface area contributed by atoms with Crippen molar-refractivity contribution in [1.82, 2.24) is 0 Å². The summed E-state index contributed by atoms with van der Waals surface area (Å²) in [7, 11) is 0. The van der Waals surface area contributed by atoms with Gasteiger partial charge in [-0.05, 0) is 28.5 Å². The molecule has 0 aromatic heterocycles. The molecule has 18 nitrogen and oxygen atoms in total. The van der Waals surface area contributed by atoms with E-state index in [0.717, 1.165) is 20.8 Å². The highest BCUT2D eigenvalue weighted by atomic mass is 19.3. The van der Waals surface area contributed by atoms with Gasteiger partial charge in [-0.2, -0.15) is 0 Å². The molecule has 9 unspecified atom stereocenters. The average molecular weight is 528 g/mol. The van der Waals surface area contributed by atoms with E-state index in [-0.39, 0.29) is 6.42 Å². The minimum Gasteiger partial charge on any atom is -0.458 e. The second kappa shape index (κ2) is 12.8. The number of ether oxygens (including phenoxy) is 4. The van der Waals surface area contributed by atoms with Gasteiger partial charge in [-0.25, -0.2) is 8.78 Å². The molecule has 2 rings (SSSR count). The van der Waals surface area contributed by atoms with Crippen molar-refractivity contribution in [3.05, 3.63) is 41.8 Å². The van der Waals surface area contributed by atoms with Crippen molar-refractivity contribution < 1.29 is 37.3 Å². The SMILES string of the molecule is CC(=O)OC1C(N=[N+]=[N-])CC(N=[N+]=[N-])C(OC2OC(CN=[N+]=[N-])C(C)C(F)(F)C2N=[N+]=[N-])C1OC(C)=O. The topological polar surface area (TPSA) is 266 Å². The fraction of sp³-hybridized carbons (Fsp3) is 0.882. The summed E-state index contributed by atoms with van der Waals surface area (Å²) in [5.74, 6) is -7.10. The summed E-state index contributed by atoms with van der Waals surface area (Å²) < 4.78 is 52.3. The van der Waals surface area contributed by atoms with Crippen LogP contribution >= 0.6 is 0 Å². The molecule has 2 aliphatic rings. The van der Waals surface area contributed by atoms with Gasteiger partial charge in [0.15, 0.2) is 18.4 Å². The van der Waals surface area contributed by atoms with Gasteiger partial charge in [0.05, 0.1) is 24.7 Å². The number of esters is 2. The smallest absolute Gasteiger partial charge is 0.303 e. The Morgan fingerprint density at radius 2 is 1.46 bits per heavy atom. The Balaban J connectivity index is 2.60. The summed E-state index contributed by atoms with van der Waals surface area (Å²) in [4.78, 5) is 34.0. The van der Waals surface area contributed by atoms with E-state index in [2.05, 4.69) is 40.1 Å². The zero-order valence-corrected chi connectivity index (χ0v) is 19.7. The Bertz CT molecular complexity index is 1070. The highest BCUT2D eigenvalue weighted by Crippen LogP contribution is 2.43. The van der Waals surface area contributed by atoms with Gasteiger partial charge in [-0.3, -0.25) is 9.59 Å². The third-order valence-electron chi connectivity index (χ3n) is 5.81. The van der Waals surface area contributed by atoms with Crippen LogP contribution in [0.3, 0.4) is 0 Å². The number of halogens is 2. The fourth-order valence-corrected chi connectivity index (χ4v) is 4.16. The molecule has 20 heteroatoms. The van der Waals surface area contributed by atoms with Crippen LogP contribution in [0.4, 0.5) is 8.78 Å². The van der Waals surface area contributed by atoms with Gasteiger partial charge in [-0.1, -0.05) is 27.4 Å². The molecule has 2 fully saturated rings. The number of hydrogen-bond acceptors (Lipinski definition) is 10. The molecule has 0 radical (unpaired) electrons. The van der Waals surface area contributed by atoms with Gasteiger partial charge in [-0.15, -0.1) is 0 Å². The molecule has 1 aliphatic heterocycles. The zero-order chi connectivity index (χ0) is 27.8. The molecule has 0 amide bonds. The van der Waals surface area contributed by atoms with Gasteiger partial charge in [0.2, 0.25) is 0 Å². The van der Waals surface area contributed by atoms with Crippen molar-refractivity contribution >= 4 is 11.9 Å². The van der Waals surface area contributed by atoms with Crippen LogP contribution in [0.25, 0.3) is 41.8 Å². The van der Waals surface area contributed by atoms with Gasteiger partial charge >= 0.3 is 11.9 Å². The number of carbonyl (C=O) groups is 2. The van der Waals surface area contributed by atoms with Crippen molar-refractivity contribution in [2.45, 2.75) is 81.9 Å². The van der Waals surface area contributed by atoms with E-state index in [0.29, 0.717) is 0 Å². The van der Waals surface area contributed by atoms with E-state index < -0.39 is 79.2 Å². The molecule has 1 aliphatic carbocycles. The van der Waals surface area contributed by atoms with Crippen LogP contribution in [0.1, 0.15) is 27.2 Å². The molecule has 1 heterocycles. The molecular weight excluding hydrogens is 506 g/mol. The summed E-state index contributed by atoms with van der Waals surface area (Å²) in [6.45, 7) is 2.59. The Hall–Kier alpha value is -4.04. The van der Waals surface area contributed by atoms with Crippen LogP contribution in [0.2, 0.25) is 0 Å². The Morgan fingerprint density at radius 1 is 0.919 bits per heavy atom. The molecular formula is C17H22F2N12O6. The standard InChI is InChI=1S/C17H22F2N12O6/c1-6-11(5-24-28-20)36-16(15(27-31-23)17(6,18)19)37-13-10(26-30-22)4-9(25-29-21)12(34-7(2)32)14(13)35-8(3)33/h6,9-16H,4-5H2,1-3H3. The second-order valence-electron chi connectivity index (χ2n) is 8.10. The first-order valence-electron chi connectivity index (χ1n) is 10.7. The number of alkyl halides is 2. The third kappa shape index (κ3) is 6.80. The maximum Gasteiger partial charge on any atom is 0.303 e. The lowest BCUT2D eigenvalue weighted by molar-refractivity contribution is -0.308. The summed E-state index contributed by atoms with van der Waals surface area (Å²) in [5, 5.41) is 13.5. The van der Waals surface area contributed by atoms with E-state index in [1.807, 2.05) is 0 Å². The summed E-state index contributed by atoms with van der Waals surface area (Å²) >= 11 is 0. The van der Waals surface area contributed by atoms with E-state index in [1.54, 1.807) is 0 Å². The van der Waals surface area contributed by atoms with Crippen LogP contribution in [-0.4, -0.2) is 73.2 Å². The van der Waals surface area contributed by atoms with Gasteiger partial charge in [0, 0.05) is 39.4 Å². The molecule has 1 saturated carbocycles. The van der Waals surface area contributed by atoms with E-state index >= 15 is 8.78 Å². The van der Waals surface area contributed by atoms with Gasteiger partial charge in [0.25, 0.3) is 5.92 Å². The largest absolute Gasteiger partial charge is 0.458 e. The van der Waals surface area contributed by atoms with Crippen molar-refractivity contribution in [3.8, 4) is 0 Å². The summed E-state index contributed by atoms with van der Waals surface area (Å²) in [6, 6.07) is -4.76.